The highest BCUT2D eigenvalue weighted by molar-refractivity contribution is 6.00. The molecule has 0 radical (unpaired) electrons. The molecule has 2 rings (SSSR count). The van der Waals surface area contributed by atoms with Crippen molar-refractivity contribution in [2.24, 2.45) is 0 Å². The minimum Gasteiger partial charge on any atom is -0.369 e. The number of ketones is 1. The second-order valence-corrected chi connectivity index (χ2v) is 4.20. The molecular weight excluding hydrogens is 224 g/mol. The van der Waals surface area contributed by atoms with Gasteiger partial charge in [0.2, 0.25) is 0 Å². The quantitative estimate of drug-likeness (QED) is 0.764. The van der Waals surface area contributed by atoms with Crippen LogP contribution in [0.25, 0.3) is 0 Å². The summed E-state index contributed by atoms with van der Waals surface area (Å²) in [4.78, 5) is 12.4. The van der Waals surface area contributed by atoms with Gasteiger partial charge in [0.25, 0.3) is 0 Å². The number of methoxy groups -OCH3 is 1. The molecule has 0 N–H and O–H groups in total. The van der Waals surface area contributed by atoms with E-state index in [2.05, 4.69) is 0 Å². The summed E-state index contributed by atoms with van der Waals surface area (Å²) in [5.41, 5.74) is 2.66. The molecule has 2 nitrogen and oxygen atoms in total. The van der Waals surface area contributed by atoms with Crippen LogP contribution in [0.3, 0.4) is 0 Å². The maximum atomic E-state index is 12.4. The zero-order valence-corrected chi connectivity index (χ0v) is 10.6. The molecule has 0 aliphatic carbocycles. The van der Waals surface area contributed by atoms with Crippen molar-refractivity contribution in [2.45, 2.75) is 13.0 Å². The Bertz CT molecular complexity index is 532. The zero-order chi connectivity index (χ0) is 13.0. The molecule has 2 aromatic carbocycles. The van der Waals surface area contributed by atoms with Crippen LogP contribution in [-0.4, -0.2) is 12.9 Å². The highest BCUT2D eigenvalue weighted by atomic mass is 16.5. The number of hydrogen-bond donors (Lipinski definition) is 0. The van der Waals surface area contributed by atoms with Gasteiger partial charge in [0.05, 0.1) is 0 Å². The van der Waals surface area contributed by atoms with Crippen LogP contribution in [0.15, 0.2) is 54.6 Å². The van der Waals surface area contributed by atoms with Crippen LogP contribution in [0.4, 0.5) is 0 Å². The van der Waals surface area contributed by atoms with Crippen molar-refractivity contribution in [3.8, 4) is 0 Å². The molecule has 1 atom stereocenters. The maximum absolute atomic E-state index is 12.4. The lowest BCUT2D eigenvalue weighted by Gasteiger charge is -2.16. The van der Waals surface area contributed by atoms with Crippen molar-refractivity contribution < 1.29 is 9.53 Å². The van der Waals surface area contributed by atoms with Gasteiger partial charge < -0.3 is 4.74 Å². The van der Waals surface area contributed by atoms with Gasteiger partial charge in [0.15, 0.2) is 5.78 Å². The Morgan fingerprint density at radius 3 is 2.22 bits per heavy atom. The second kappa shape index (κ2) is 5.61. The van der Waals surface area contributed by atoms with E-state index < -0.39 is 6.10 Å². The largest absolute Gasteiger partial charge is 0.369 e. The number of Topliss-reactive ketones (excluding diaryl/α,β-unsaturated/α-hetero) is 1. The minimum absolute atomic E-state index is 0.00704. The molecule has 1 unspecified atom stereocenters. The predicted molar refractivity (Wildman–Crippen MR) is 71.7 cm³/mol. The molecule has 0 fully saturated rings. The topological polar surface area (TPSA) is 26.3 Å². The summed E-state index contributed by atoms with van der Waals surface area (Å²) in [6.07, 6.45) is -0.534. The molecule has 92 valence electrons. The van der Waals surface area contributed by atoms with Gasteiger partial charge in [-0.3, -0.25) is 4.79 Å². The molecule has 0 aliphatic rings. The second-order valence-electron chi connectivity index (χ2n) is 4.20. The van der Waals surface area contributed by atoms with E-state index >= 15 is 0 Å². The van der Waals surface area contributed by atoms with E-state index in [9.17, 15) is 4.79 Å². The van der Waals surface area contributed by atoms with Crippen molar-refractivity contribution in [1.29, 1.82) is 0 Å². The summed E-state index contributed by atoms with van der Waals surface area (Å²) >= 11 is 0. The fourth-order valence-electron chi connectivity index (χ4n) is 2.01. The van der Waals surface area contributed by atoms with Gasteiger partial charge in [-0.1, -0.05) is 54.6 Å². The van der Waals surface area contributed by atoms with Gasteiger partial charge >= 0.3 is 0 Å². The van der Waals surface area contributed by atoms with E-state index in [-0.39, 0.29) is 5.78 Å². The van der Waals surface area contributed by atoms with Crippen molar-refractivity contribution >= 4 is 5.78 Å². The Balaban J connectivity index is 2.36. The number of rotatable bonds is 4. The third-order valence-electron chi connectivity index (χ3n) is 3.00. The Labute approximate surface area is 107 Å². The van der Waals surface area contributed by atoms with Crippen LogP contribution in [0, 0.1) is 6.92 Å². The first-order valence-corrected chi connectivity index (χ1v) is 5.91. The van der Waals surface area contributed by atoms with Crippen molar-refractivity contribution in [2.75, 3.05) is 7.11 Å². The van der Waals surface area contributed by atoms with Gasteiger partial charge in [-0.05, 0) is 18.1 Å². The van der Waals surface area contributed by atoms with Crippen molar-refractivity contribution in [3.05, 3.63) is 71.3 Å². The van der Waals surface area contributed by atoms with E-state index in [4.69, 9.17) is 4.74 Å². The summed E-state index contributed by atoms with van der Waals surface area (Å²) in [7, 11) is 1.57. The molecule has 2 heteroatoms. The number of benzene rings is 2. The monoisotopic (exact) mass is 240 g/mol. The van der Waals surface area contributed by atoms with Crippen molar-refractivity contribution in [1.82, 2.24) is 0 Å². The minimum atomic E-state index is -0.534. The summed E-state index contributed by atoms with van der Waals surface area (Å²) in [6, 6.07) is 17.0. The Morgan fingerprint density at radius 1 is 1.00 bits per heavy atom. The molecule has 0 bridgehead atoms. The Kier molecular flexibility index (Phi) is 3.90. The van der Waals surface area contributed by atoms with Crippen molar-refractivity contribution in [3.63, 3.8) is 0 Å². The van der Waals surface area contributed by atoms with E-state index in [1.807, 2.05) is 61.5 Å². The fraction of sp³-hybridized carbons (Fsp3) is 0.188. The first-order valence-electron chi connectivity index (χ1n) is 5.91. The van der Waals surface area contributed by atoms with Crippen LogP contribution in [0.5, 0.6) is 0 Å². The summed E-state index contributed by atoms with van der Waals surface area (Å²) in [5, 5.41) is 0. The normalized spacial score (nSPS) is 12.1. The lowest BCUT2D eigenvalue weighted by Crippen LogP contribution is -2.15. The molecule has 0 amide bonds. The molecule has 0 heterocycles. The predicted octanol–water partition coefficient (Wildman–Crippen LogP) is 3.57. The highest BCUT2D eigenvalue weighted by Crippen LogP contribution is 2.24. The number of hydrogen-bond acceptors (Lipinski definition) is 2. The highest BCUT2D eigenvalue weighted by Gasteiger charge is 2.22. The lowest BCUT2D eigenvalue weighted by molar-refractivity contribution is 0.0602. The average molecular weight is 240 g/mol. The zero-order valence-electron chi connectivity index (χ0n) is 10.6. The molecule has 0 saturated carbocycles. The molecule has 2 aromatic rings. The Morgan fingerprint density at radius 2 is 1.61 bits per heavy atom. The third kappa shape index (κ3) is 2.49. The van der Waals surface area contributed by atoms with Gasteiger partial charge in [-0.15, -0.1) is 0 Å². The summed E-state index contributed by atoms with van der Waals surface area (Å²) in [5.74, 6) is -0.00704. The molecule has 0 saturated heterocycles. The van der Waals surface area contributed by atoms with Gasteiger partial charge in [-0.2, -0.15) is 0 Å². The smallest absolute Gasteiger partial charge is 0.196 e. The number of aryl methyl sites for hydroxylation is 1. The van der Waals surface area contributed by atoms with Gasteiger partial charge in [0.1, 0.15) is 6.10 Å². The van der Waals surface area contributed by atoms with Crippen LogP contribution >= 0.6 is 0 Å². The van der Waals surface area contributed by atoms with Crippen LogP contribution in [0.2, 0.25) is 0 Å². The van der Waals surface area contributed by atoms with Crippen LogP contribution in [-0.2, 0) is 4.74 Å². The Hall–Kier alpha value is -1.93. The van der Waals surface area contributed by atoms with Crippen LogP contribution < -0.4 is 0 Å². The SMILES string of the molecule is COC(C(=O)c1ccccc1)c1ccccc1C. The van der Waals surface area contributed by atoms with Crippen LogP contribution in [0.1, 0.15) is 27.6 Å². The van der Waals surface area contributed by atoms with E-state index in [0.717, 1.165) is 11.1 Å². The van der Waals surface area contributed by atoms with E-state index in [1.54, 1.807) is 7.11 Å². The first-order chi connectivity index (χ1) is 8.74. The number of carbonyl (C=O) groups excluding carboxylic acids is 1. The molecule has 0 spiro atoms. The number of ether oxygens (including phenoxy) is 1. The molecule has 0 aromatic heterocycles. The standard InChI is InChI=1S/C16H16O2/c1-12-8-6-7-11-14(12)16(18-2)15(17)13-9-4-3-5-10-13/h3-11,16H,1-2H3. The average Bonchev–Trinajstić information content (AvgIpc) is 2.42. The lowest BCUT2D eigenvalue weighted by atomic mass is 9.96. The maximum Gasteiger partial charge on any atom is 0.196 e. The summed E-state index contributed by atoms with van der Waals surface area (Å²) in [6.45, 7) is 1.99. The van der Waals surface area contributed by atoms with E-state index in [1.165, 1.54) is 0 Å². The number of carbonyl (C=O) groups is 1. The molecule has 0 aliphatic heterocycles. The molecule has 18 heavy (non-hydrogen) atoms. The van der Waals surface area contributed by atoms with Gasteiger partial charge in [0, 0.05) is 12.7 Å². The third-order valence-corrected chi connectivity index (χ3v) is 3.00. The first kappa shape index (κ1) is 12.5. The molecular formula is C16H16O2. The van der Waals surface area contributed by atoms with E-state index in [0.29, 0.717) is 5.56 Å². The van der Waals surface area contributed by atoms with Gasteiger partial charge in [-0.25, -0.2) is 0 Å². The fourth-order valence-corrected chi connectivity index (χ4v) is 2.01. The summed E-state index contributed by atoms with van der Waals surface area (Å²) < 4.78 is 5.38.